The van der Waals surface area contributed by atoms with Crippen LogP contribution in [0.4, 0.5) is 0 Å². The van der Waals surface area contributed by atoms with Gasteiger partial charge in [-0.1, -0.05) is 34.6 Å². The third kappa shape index (κ3) is 4.34. The second-order valence-electron chi connectivity index (χ2n) is 7.61. The van der Waals surface area contributed by atoms with Crippen molar-refractivity contribution in [2.75, 3.05) is 6.26 Å². The second-order valence-corrected chi connectivity index (χ2v) is 9.43. The number of rotatable bonds is 6. The minimum absolute atomic E-state index is 0.139. The molecular formula is C24H21N5O2S2. The zero-order valence-corrected chi connectivity index (χ0v) is 20.0. The van der Waals surface area contributed by atoms with Crippen molar-refractivity contribution in [2.24, 2.45) is 0 Å². The molecule has 9 heteroatoms. The summed E-state index contributed by atoms with van der Waals surface area (Å²) in [7, 11) is 0. The highest BCUT2D eigenvalue weighted by molar-refractivity contribution is 7.98. The maximum Gasteiger partial charge on any atom is 0.283 e. The van der Waals surface area contributed by atoms with E-state index in [1.165, 1.54) is 16.7 Å². The molecule has 0 atom stereocenters. The molecule has 33 heavy (non-hydrogen) atoms. The quantitative estimate of drug-likeness (QED) is 0.260. The lowest BCUT2D eigenvalue weighted by molar-refractivity contribution is 0.391. The molecule has 7 nitrogen and oxygen atoms in total. The predicted molar refractivity (Wildman–Crippen MR) is 132 cm³/mol. The van der Waals surface area contributed by atoms with E-state index in [1.807, 2.05) is 74.7 Å². The van der Waals surface area contributed by atoms with E-state index in [4.69, 9.17) is 9.51 Å². The second kappa shape index (κ2) is 8.92. The van der Waals surface area contributed by atoms with Crippen molar-refractivity contribution in [1.29, 1.82) is 0 Å². The van der Waals surface area contributed by atoms with Gasteiger partial charge in [-0.05, 0) is 62.6 Å². The summed E-state index contributed by atoms with van der Waals surface area (Å²) in [6.45, 7) is 3.93. The van der Waals surface area contributed by atoms with Gasteiger partial charge < -0.3 is 9.51 Å². The molecule has 0 aliphatic carbocycles. The van der Waals surface area contributed by atoms with Gasteiger partial charge in [-0.3, -0.25) is 9.36 Å². The Balaban J connectivity index is 1.47. The van der Waals surface area contributed by atoms with Crippen LogP contribution in [0, 0.1) is 13.8 Å². The summed E-state index contributed by atoms with van der Waals surface area (Å²) in [4.78, 5) is 26.9. The lowest BCUT2D eigenvalue weighted by Crippen LogP contribution is -2.21. The molecule has 5 rings (SSSR count). The van der Waals surface area contributed by atoms with Crippen LogP contribution in [-0.4, -0.2) is 30.9 Å². The highest BCUT2D eigenvalue weighted by Crippen LogP contribution is 2.26. The predicted octanol–water partition coefficient (Wildman–Crippen LogP) is 5.39. The molecule has 0 saturated carbocycles. The van der Waals surface area contributed by atoms with Gasteiger partial charge in [0, 0.05) is 16.2 Å². The lowest BCUT2D eigenvalue weighted by atomic mass is 10.2. The number of benzene rings is 2. The summed E-state index contributed by atoms with van der Waals surface area (Å²) < 4.78 is 7.10. The zero-order chi connectivity index (χ0) is 22.9. The van der Waals surface area contributed by atoms with Crippen LogP contribution in [0.25, 0.3) is 28.1 Å². The van der Waals surface area contributed by atoms with Crippen molar-refractivity contribution in [1.82, 2.24) is 24.7 Å². The molecule has 0 fully saturated rings. The van der Waals surface area contributed by atoms with E-state index >= 15 is 0 Å². The number of aryl methyl sites for hydroxylation is 2. The molecule has 5 aromatic rings. The lowest BCUT2D eigenvalue weighted by Gasteiger charge is -2.11. The molecule has 3 heterocycles. The molecule has 0 saturated heterocycles. The standard InChI is InChI=1S/C24H21N5O2S2/c1-14-4-8-17(9-5-14)29-23(30)21-19(12-15(2)25-21)26-24(29)33-13-20-27-22(28-31-20)16-6-10-18(32-3)11-7-16/h4-12,25H,13H2,1-3H3. The SMILES string of the molecule is CSc1ccc(-c2noc(CSc3nc4cc(C)[nH]c4c(=O)n3-c3ccc(C)cc3)n2)cc1. The summed E-state index contributed by atoms with van der Waals surface area (Å²) in [6.07, 6.45) is 2.04. The Labute approximate surface area is 198 Å². The number of fused-ring (bicyclic) bond motifs is 1. The average molecular weight is 476 g/mol. The van der Waals surface area contributed by atoms with Gasteiger partial charge in [0.2, 0.25) is 11.7 Å². The Bertz CT molecular complexity index is 1480. The van der Waals surface area contributed by atoms with Crippen LogP contribution in [0.15, 0.2) is 74.0 Å². The number of nitrogens with zero attached hydrogens (tertiary/aromatic N) is 4. The summed E-state index contributed by atoms with van der Waals surface area (Å²) in [5.41, 5.74) is 4.66. The monoisotopic (exact) mass is 475 g/mol. The van der Waals surface area contributed by atoms with Crippen LogP contribution in [-0.2, 0) is 5.75 Å². The molecular weight excluding hydrogens is 454 g/mol. The number of H-pyrrole nitrogens is 1. The normalized spacial score (nSPS) is 11.4. The number of aromatic nitrogens is 5. The smallest absolute Gasteiger partial charge is 0.283 e. The Morgan fingerprint density at radius 2 is 1.79 bits per heavy atom. The third-order valence-electron chi connectivity index (χ3n) is 5.19. The largest absolute Gasteiger partial charge is 0.353 e. The Kier molecular flexibility index (Phi) is 5.82. The molecule has 0 amide bonds. The van der Waals surface area contributed by atoms with Crippen LogP contribution < -0.4 is 5.56 Å². The van der Waals surface area contributed by atoms with Crippen molar-refractivity contribution in [2.45, 2.75) is 29.7 Å². The first-order valence-corrected chi connectivity index (χ1v) is 12.5. The van der Waals surface area contributed by atoms with Gasteiger partial charge in [-0.25, -0.2) is 4.98 Å². The minimum Gasteiger partial charge on any atom is -0.353 e. The van der Waals surface area contributed by atoms with Gasteiger partial charge in [0.25, 0.3) is 5.56 Å². The van der Waals surface area contributed by atoms with E-state index in [-0.39, 0.29) is 5.56 Å². The van der Waals surface area contributed by atoms with Crippen molar-refractivity contribution < 1.29 is 4.52 Å². The van der Waals surface area contributed by atoms with E-state index < -0.39 is 0 Å². The molecule has 1 N–H and O–H groups in total. The maximum absolute atomic E-state index is 13.3. The van der Waals surface area contributed by atoms with Gasteiger partial charge >= 0.3 is 0 Å². The summed E-state index contributed by atoms with van der Waals surface area (Å²) in [6, 6.07) is 17.7. The van der Waals surface area contributed by atoms with E-state index in [0.717, 1.165) is 22.5 Å². The Morgan fingerprint density at radius 1 is 1.03 bits per heavy atom. The Morgan fingerprint density at radius 3 is 2.52 bits per heavy atom. The first-order chi connectivity index (χ1) is 16.0. The van der Waals surface area contributed by atoms with Gasteiger partial charge in [-0.15, -0.1) is 11.8 Å². The number of nitrogens with one attached hydrogen (secondary N) is 1. The molecule has 0 spiro atoms. The average Bonchev–Trinajstić information content (AvgIpc) is 3.45. The van der Waals surface area contributed by atoms with Gasteiger partial charge in [0.15, 0.2) is 5.16 Å². The molecule has 2 aromatic carbocycles. The highest BCUT2D eigenvalue weighted by Gasteiger charge is 2.17. The summed E-state index contributed by atoms with van der Waals surface area (Å²) >= 11 is 3.07. The van der Waals surface area contributed by atoms with Gasteiger partial charge in [0.05, 0.1) is 17.0 Å². The van der Waals surface area contributed by atoms with Crippen molar-refractivity contribution in [3.63, 3.8) is 0 Å². The van der Waals surface area contributed by atoms with Crippen molar-refractivity contribution in [3.05, 3.63) is 82.1 Å². The van der Waals surface area contributed by atoms with Crippen LogP contribution in [0.3, 0.4) is 0 Å². The molecule has 3 aromatic heterocycles. The maximum atomic E-state index is 13.3. The number of hydrogen-bond donors (Lipinski definition) is 1. The molecule has 0 unspecified atom stereocenters. The molecule has 0 radical (unpaired) electrons. The van der Waals surface area contributed by atoms with E-state index in [1.54, 1.807) is 16.3 Å². The fraction of sp³-hybridized carbons (Fsp3) is 0.167. The van der Waals surface area contributed by atoms with Crippen LogP contribution in [0.5, 0.6) is 0 Å². The molecule has 0 aliphatic heterocycles. The first kappa shape index (κ1) is 21.5. The van der Waals surface area contributed by atoms with Gasteiger partial charge in [-0.2, -0.15) is 4.98 Å². The van der Waals surface area contributed by atoms with Crippen LogP contribution >= 0.6 is 23.5 Å². The fourth-order valence-electron chi connectivity index (χ4n) is 3.49. The van der Waals surface area contributed by atoms with Crippen molar-refractivity contribution >= 4 is 34.6 Å². The first-order valence-electron chi connectivity index (χ1n) is 10.3. The summed E-state index contributed by atoms with van der Waals surface area (Å²) in [5, 5.41) is 4.68. The fourth-order valence-corrected chi connectivity index (χ4v) is 4.75. The summed E-state index contributed by atoms with van der Waals surface area (Å²) in [5.74, 6) is 1.40. The molecule has 0 bridgehead atoms. The topological polar surface area (TPSA) is 89.6 Å². The van der Waals surface area contributed by atoms with E-state index in [2.05, 4.69) is 15.1 Å². The van der Waals surface area contributed by atoms with Gasteiger partial charge in [0.1, 0.15) is 5.52 Å². The molecule has 0 aliphatic rings. The zero-order valence-electron chi connectivity index (χ0n) is 18.3. The number of aromatic amines is 1. The number of thioether (sulfide) groups is 2. The number of hydrogen-bond acceptors (Lipinski definition) is 7. The van der Waals surface area contributed by atoms with E-state index in [0.29, 0.717) is 33.7 Å². The minimum atomic E-state index is -0.139. The van der Waals surface area contributed by atoms with Crippen LogP contribution in [0.2, 0.25) is 0 Å². The molecule has 166 valence electrons. The third-order valence-corrected chi connectivity index (χ3v) is 6.86. The van der Waals surface area contributed by atoms with E-state index in [9.17, 15) is 4.79 Å². The van der Waals surface area contributed by atoms with Crippen molar-refractivity contribution in [3.8, 4) is 17.1 Å². The van der Waals surface area contributed by atoms with Crippen LogP contribution in [0.1, 0.15) is 17.1 Å². The highest BCUT2D eigenvalue weighted by atomic mass is 32.2. The Hall–Kier alpha value is -3.30.